The van der Waals surface area contributed by atoms with Crippen LogP contribution in [0.4, 0.5) is 11.4 Å². The van der Waals surface area contributed by atoms with E-state index in [2.05, 4.69) is 5.32 Å². The van der Waals surface area contributed by atoms with Gasteiger partial charge in [-0.15, -0.1) is 0 Å². The second kappa shape index (κ2) is 11.4. The van der Waals surface area contributed by atoms with Gasteiger partial charge in [0.2, 0.25) is 26.0 Å². The summed E-state index contributed by atoms with van der Waals surface area (Å²) in [5.41, 5.74) is 0.330. The average Bonchev–Trinajstić information content (AvgIpc) is 2.84. The molecule has 3 aromatic rings. The van der Waals surface area contributed by atoms with Gasteiger partial charge < -0.3 is 14.8 Å². The van der Waals surface area contributed by atoms with E-state index in [0.29, 0.717) is 16.5 Å². The van der Waals surface area contributed by atoms with E-state index in [4.69, 9.17) is 21.1 Å². The fourth-order valence-electron chi connectivity index (χ4n) is 3.23. The van der Waals surface area contributed by atoms with E-state index in [0.717, 1.165) is 14.9 Å². The molecule has 0 aromatic heterocycles. The van der Waals surface area contributed by atoms with Crippen LogP contribution in [-0.4, -0.2) is 61.1 Å². The number of carbonyl (C=O) groups is 1. The maximum absolute atomic E-state index is 13.0. The van der Waals surface area contributed by atoms with E-state index in [9.17, 15) is 21.6 Å². The third-order valence-corrected chi connectivity index (χ3v) is 8.30. The predicted octanol–water partition coefficient (Wildman–Crippen LogP) is 3.80. The summed E-state index contributed by atoms with van der Waals surface area (Å²) in [4.78, 5) is 12.9. The second-order valence-electron chi connectivity index (χ2n) is 7.99. The first-order chi connectivity index (χ1) is 17.3. The molecule has 37 heavy (non-hydrogen) atoms. The number of nitrogens with zero attached hydrogens (tertiary/aromatic N) is 2. The molecule has 0 saturated heterocycles. The van der Waals surface area contributed by atoms with Crippen molar-refractivity contribution in [2.45, 2.75) is 4.90 Å². The Kier molecular flexibility index (Phi) is 8.69. The van der Waals surface area contributed by atoms with E-state index in [1.807, 2.05) is 0 Å². The van der Waals surface area contributed by atoms with Crippen molar-refractivity contribution in [2.75, 3.05) is 43.6 Å². The molecule has 0 radical (unpaired) electrons. The topological polar surface area (TPSA) is 122 Å². The van der Waals surface area contributed by atoms with Gasteiger partial charge in [0.15, 0.2) is 17.2 Å². The van der Waals surface area contributed by atoms with Crippen LogP contribution in [0.5, 0.6) is 17.2 Å². The first-order valence-electron chi connectivity index (χ1n) is 10.7. The van der Waals surface area contributed by atoms with Crippen molar-refractivity contribution in [2.24, 2.45) is 0 Å². The molecule has 0 fully saturated rings. The van der Waals surface area contributed by atoms with Crippen LogP contribution in [-0.2, 0) is 24.8 Å². The number of ether oxygens (including phenoxy) is 2. The fraction of sp³-hybridized carbons (Fsp3) is 0.208. The van der Waals surface area contributed by atoms with Crippen LogP contribution in [0.25, 0.3) is 0 Å². The molecule has 0 saturated carbocycles. The minimum absolute atomic E-state index is 0.0174. The lowest BCUT2D eigenvalue weighted by atomic mass is 10.2. The number of halogens is 1. The van der Waals surface area contributed by atoms with E-state index in [1.165, 1.54) is 51.5 Å². The summed E-state index contributed by atoms with van der Waals surface area (Å²) >= 11 is 6.12. The van der Waals surface area contributed by atoms with Gasteiger partial charge in [0.05, 0.1) is 29.6 Å². The van der Waals surface area contributed by atoms with Crippen molar-refractivity contribution in [3.8, 4) is 17.2 Å². The molecule has 0 heterocycles. The van der Waals surface area contributed by atoms with Gasteiger partial charge >= 0.3 is 0 Å². The smallest absolute Gasteiger partial charge is 0.245 e. The maximum Gasteiger partial charge on any atom is 0.245 e. The minimum atomic E-state index is -3.91. The Bertz CT molecular complexity index is 1490. The van der Waals surface area contributed by atoms with Crippen molar-refractivity contribution in [3.63, 3.8) is 0 Å². The van der Waals surface area contributed by atoms with Crippen molar-refractivity contribution < 1.29 is 31.1 Å². The molecule has 13 heteroatoms. The molecule has 0 aliphatic heterocycles. The van der Waals surface area contributed by atoms with Crippen LogP contribution in [0.2, 0.25) is 5.02 Å². The molecule has 198 valence electrons. The van der Waals surface area contributed by atoms with Crippen molar-refractivity contribution in [1.29, 1.82) is 0 Å². The van der Waals surface area contributed by atoms with Crippen LogP contribution in [0, 0.1) is 0 Å². The molecular weight excluding hydrogens is 542 g/mol. The van der Waals surface area contributed by atoms with Gasteiger partial charge in [-0.1, -0.05) is 23.7 Å². The van der Waals surface area contributed by atoms with Crippen LogP contribution in [0.1, 0.15) is 0 Å². The quantitative estimate of drug-likeness (QED) is 0.395. The van der Waals surface area contributed by atoms with E-state index < -0.39 is 32.5 Å². The van der Waals surface area contributed by atoms with Crippen LogP contribution >= 0.6 is 11.6 Å². The highest BCUT2D eigenvalue weighted by molar-refractivity contribution is 7.92. The van der Waals surface area contributed by atoms with Gasteiger partial charge in [-0.25, -0.2) is 21.1 Å². The van der Waals surface area contributed by atoms with Gasteiger partial charge in [0.1, 0.15) is 6.54 Å². The van der Waals surface area contributed by atoms with Gasteiger partial charge in [0.25, 0.3) is 0 Å². The maximum atomic E-state index is 13.0. The Labute approximate surface area is 221 Å². The van der Waals surface area contributed by atoms with Crippen LogP contribution in [0.3, 0.4) is 0 Å². The number of hydrogen-bond acceptors (Lipinski definition) is 7. The summed E-state index contributed by atoms with van der Waals surface area (Å²) in [6.45, 7) is -0.584. The highest BCUT2D eigenvalue weighted by atomic mass is 35.5. The summed E-state index contributed by atoms with van der Waals surface area (Å²) in [5.74, 6) is 0.444. The Morgan fingerprint density at radius 2 is 1.54 bits per heavy atom. The van der Waals surface area contributed by atoms with Gasteiger partial charge in [-0.3, -0.25) is 9.10 Å². The molecule has 0 atom stereocenters. The van der Waals surface area contributed by atoms with E-state index >= 15 is 0 Å². The number of nitrogens with one attached hydrogen (secondary N) is 1. The lowest BCUT2D eigenvalue weighted by molar-refractivity contribution is -0.114. The summed E-state index contributed by atoms with van der Waals surface area (Å²) < 4.78 is 62.8. The molecule has 3 aromatic carbocycles. The first kappa shape index (κ1) is 28.3. The third kappa shape index (κ3) is 6.92. The Morgan fingerprint density at radius 1 is 0.919 bits per heavy atom. The zero-order valence-electron chi connectivity index (χ0n) is 20.5. The standard InChI is InChI=1S/C24H26ClN3O7S2/c1-27(2)37(32,33)19-12-10-18(11-13-19)28(36(4,30)31)16-24(29)26-20-15-17(25)9-14-21(20)35-23-8-6-5-7-22(23)34-3/h5-15H,16H2,1-4H3,(H,26,29). The molecule has 0 bridgehead atoms. The number of hydrogen-bond donors (Lipinski definition) is 1. The third-order valence-electron chi connectivity index (χ3n) is 5.10. The molecule has 0 spiro atoms. The van der Waals surface area contributed by atoms with E-state index in [-0.39, 0.29) is 22.0 Å². The fourth-order valence-corrected chi connectivity index (χ4v) is 5.16. The number of methoxy groups -OCH3 is 1. The number of anilines is 2. The lowest BCUT2D eigenvalue weighted by Crippen LogP contribution is -2.37. The molecular formula is C24H26ClN3O7S2. The number of rotatable bonds is 10. The summed E-state index contributed by atoms with van der Waals surface area (Å²) in [7, 11) is -3.35. The minimum Gasteiger partial charge on any atom is -0.493 e. The van der Waals surface area contributed by atoms with Gasteiger partial charge in [-0.05, 0) is 54.6 Å². The monoisotopic (exact) mass is 567 g/mol. The van der Waals surface area contributed by atoms with E-state index in [1.54, 1.807) is 36.4 Å². The summed E-state index contributed by atoms with van der Waals surface area (Å²) in [5, 5.41) is 2.95. The van der Waals surface area contributed by atoms with Crippen molar-refractivity contribution in [1.82, 2.24) is 4.31 Å². The molecule has 3 rings (SSSR count). The number of para-hydroxylation sites is 2. The van der Waals surface area contributed by atoms with Crippen LogP contribution < -0.4 is 19.1 Å². The molecule has 0 unspecified atom stereocenters. The highest BCUT2D eigenvalue weighted by Crippen LogP contribution is 2.36. The zero-order valence-corrected chi connectivity index (χ0v) is 22.9. The lowest BCUT2D eigenvalue weighted by Gasteiger charge is -2.23. The number of carbonyl (C=O) groups excluding carboxylic acids is 1. The molecule has 0 aliphatic carbocycles. The zero-order chi connectivity index (χ0) is 27.4. The van der Waals surface area contributed by atoms with Gasteiger partial charge in [-0.2, -0.15) is 0 Å². The van der Waals surface area contributed by atoms with Gasteiger partial charge in [0, 0.05) is 19.1 Å². The van der Waals surface area contributed by atoms with Crippen LogP contribution in [0.15, 0.2) is 71.6 Å². The highest BCUT2D eigenvalue weighted by Gasteiger charge is 2.23. The number of amides is 1. The molecule has 1 N–H and O–H groups in total. The Morgan fingerprint density at radius 3 is 2.11 bits per heavy atom. The number of sulfonamides is 2. The Hall–Kier alpha value is -3.32. The van der Waals surface area contributed by atoms with Crippen molar-refractivity contribution >= 4 is 48.9 Å². The normalized spacial score (nSPS) is 11.7. The Balaban J connectivity index is 1.86. The largest absolute Gasteiger partial charge is 0.493 e. The first-order valence-corrected chi connectivity index (χ1v) is 14.4. The predicted molar refractivity (Wildman–Crippen MR) is 143 cm³/mol. The molecule has 0 aliphatic rings. The summed E-state index contributed by atoms with van der Waals surface area (Å²) in [6, 6.07) is 16.7. The molecule has 1 amide bonds. The number of benzene rings is 3. The average molecular weight is 568 g/mol. The second-order valence-corrected chi connectivity index (χ2v) is 12.5. The molecule has 10 nitrogen and oxygen atoms in total. The SMILES string of the molecule is COc1ccccc1Oc1ccc(Cl)cc1NC(=O)CN(c1ccc(S(=O)(=O)N(C)C)cc1)S(C)(=O)=O. The summed E-state index contributed by atoms with van der Waals surface area (Å²) in [6.07, 6.45) is 0.945. The van der Waals surface area contributed by atoms with Crippen molar-refractivity contribution in [3.05, 3.63) is 71.8 Å².